The lowest BCUT2D eigenvalue weighted by molar-refractivity contribution is -0.138. The predicted octanol–water partition coefficient (Wildman–Crippen LogP) is 3.44. The van der Waals surface area contributed by atoms with Gasteiger partial charge in [-0.1, -0.05) is 58.8 Å². The summed E-state index contributed by atoms with van der Waals surface area (Å²) in [6.07, 6.45) is 10.7. The first-order valence-electron chi connectivity index (χ1n) is 10.2. The fourth-order valence-electron chi connectivity index (χ4n) is 2.18. The zero-order valence-corrected chi connectivity index (χ0v) is 17.2. The van der Waals surface area contributed by atoms with Gasteiger partial charge in [-0.15, -0.1) is 0 Å². The summed E-state index contributed by atoms with van der Waals surface area (Å²) in [6.45, 7) is 4.44. The summed E-state index contributed by atoms with van der Waals surface area (Å²) in [4.78, 5) is 20.3. The standard InChI is InChI=1S/C10H18O4.C8H18O.C2H6O2/c11-9(12)7-5-3-1-2-4-6-8-10(13)14;1-3-5-6-8(4-2)7-9;3-1-2-4/h1-8H2,(H,11,12)(H,13,14);8-9H,3-7H2,1-2H3;3-4H,1-2H2. The fraction of sp³-hybridized carbons (Fsp3) is 0.900. The van der Waals surface area contributed by atoms with Crippen molar-refractivity contribution in [3.05, 3.63) is 0 Å². The summed E-state index contributed by atoms with van der Waals surface area (Å²) in [5, 5.41) is 40.7. The van der Waals surface area contributed by atoms with Crippen LogP contribution in [0.15, 0.2) is 0 Å². The van der Waals surface area contributed by atoms with Crippen LogP contribution in [0.4, 0.5) is 0 Å². The summed E-state index contributed by atoms with van der Waals surface area (Å²) in [6, 6.07) is 0. The van der Waals surface area contributed by atoms with Gasteiger partial charge in [-0.3, -0.25) is 9.59 Å². The Hall–Kier alpha value is -1.18. The molecule has 0 aromatic heterocycles. The van der Waals surface area contributed by atoms with Crippen molar-refractivity contribution in [2.24, 2.45) is 5.92 Å². The number of carboxylic acids is 2. The summed E-state index contributed by atoms with van der Waals surface area (Å²) in [5.74, 6) is -0.920. The molecule has 164 valence electrons. The van der Waals surface area contributed by atoms with Crippen LogP contribution in [-0.4, -0.2) is 57.3 Å². The predicted molar refractivity (Wildman–Crippen MR) is 107 cm³/mol. The van der Waals surface area contributed by atoms with Crippen LogP contribution in [-0.2, 0) is 9.59 Å². The van der Waals surface area contributed by atoms with E-state index in [1.165, 1.54) is 19.3 Å². The molecule has 27 heavy (non-hydrogen) atoms. The second-order valence-electron chi connectivity index (χ2n) is 6.46. The van der Waals surface area contributed by atoms with E-state index >= 15 is 0 Å². The number of aliphatic carboxylic acids is 2. The molecule has 0 bridgehead atoms. The molecule has 0 spiro atoms. The number of carboxylic acid groups (broad SMARTS) is 2. The third-order valence-electron chi connectivity index (χ3n) is 3.93. The molecule has 0 saturated heterocycles. The van der Waals surface area contributed by atoms with E-state index in [-0.39, 0.29) is 26.1 Å². The number of hydrogen-bond acceptors (Lipinski definition) is 5. The van der Waals surface area contributed by atoms with E-state index in [1.807, 2.05) is 0 Å². The van der Waals surface area contributed by atoms with Crippen molar-refractivity contribution in [1.82, 2.24) is 0 Å². The van der Waals surface area contributed by atoms with Gasteiger partial charge >= 0.3 is 11.9 Å². The molecule has 0 saturated carbocycles. The summed E-state index contributed by atoms with van der Waals surface area (Å²) in [5.41, 5.74) is 0. The van der Waals surface area contributed by atoms with E-state index in [9.17, 15) is 9.59 Å². The topological polar surface area (TPSA) is 135 Å². The minimum absolute atomic E-state index is 0.125. The second-order valence-corrected chi connectivity index (χ2v) is 6.46. The molecule has 5 N–H and O–H groups in total. The second kappa shape index (κ2) is 27.0. The maximum absolute atomic E-state index is 10.1. The van der Waals surface area contributed by atoms with Gasteiger partial charge in [-0.25, -0.2) is 0 Å². The van der Waals surface area contributed by atoms with Crippen LogP contribution >= 0.6 is 0 Å². The highest BCUT2D eigenvalue weighted by atomic mass is 16.4. The fourth-order valence-corrected chi connectivity index (χ4v) is 2.18. The highest BCUT2D eigenvalue weighted by Gasteiger charge is 2.01. The Bertz CT molecular complexity index is 283. The molecule has 1 atom stereocenters. The number of aliphatic hydroxyl groups is 3. The first-order valence-corrected chi connectivity index (χ1v) is 10.2. The van der Waals surface area contributed by atoms with Crippen LogP contribution in [0, 0.1) is 5.92 Å². The molecule has 1 unspecified atom stereocenters. The Morgan fingerprint density at radius 2 is 1.11 bits per heavy atom. The number of unbranched alkanes of at least 4 members (excludes halogenated alkanes) is 6. The molecule has 0 rings (SSSR count). The van der Waals surface area contributed by atoms with Gasteiger partial charge in [0.15, 0.2) is 0 Å². The Labute approximate surface area is 164 Å². The first-order chi connectivity index (χ1) is 12.9. The van der Waals surface area contributed by atoms with Crippen LogP contribution in [0.2, 0.25) is 0 Å². The van der Waals surface area contributed by atoms with Gasteiger partial charge in [0.2, 0.25) is 0 Å². The van der Waals surface area contributed by atoms with E-state index in [4.69, 9.17) is 25.5 Å². The SMILES string of the molecule is CCCCC(CC)CO.O=C(O)CCCCCCCCC(=O)O.OCCO. The van der Waals surface area contributed by atoms with Crippen molar-refractivity contribution in [2.45, 2.75) is 90.9 Å². The molecule has 0 aliphatic carbocycles. The van der Waals surface area contributed by atoms with Crippen molar-refractivity contribution in [3.8, 4) is 0 Å². The zero-order valence-electron chi connectivity index (χ0n) is 17.2. The average molecular weight is 395 g/mol. The number of rotatable bonds is 15. The highest BCUT2D eigenvalue weighted by Crippen LogP contribution is 2.10. The molecule has 7 heteroatoms. The van der Waals surface area contributed by atoms with Gasteiger partial charge in [0.05, 0.1) is 13.2 Å². The Morgan fingerprint density at radius 1 is 0.704 bits per heavy atom. The Kier molecular flexibility index (Phi) is 30.6. The van der Waals surface area contributed by atoms with Crippen molar-refractivity contribution in [3.63, 3.8) is 0 Å². The third-order valence-corrected chi connectivity index (χ3v) is 3.93. The molecule has 0 fully saturated rings. The Balaban J connectivity index is -0.000000378. The lowest BCUT2D eigenvalue weighted by Gasteiger charge is -2.08. The largest absolute Gasteiger partial charge is 0.481 e. The third kappa shape index (κ3) is 36.5. The van der Waals surface area contributed by atoms with Crippen LogP contribution < -0.4 is 0 Å². The van der Waals surface area contributed by atoms with Gasteiger partial charge < -0.3 is 25.5 Å². The maximum atomic E-state index is 10.1. The zero-order chi connectivity index (χ0) is 21.3. The van der Waals surface area contributed by atoms with Crippen LogP contribution in [0.1, 0.15) is 90.9 Å². The number of carbonyl (C=O) groups is 2. The van der Waals surface area contributed by atoms with E-state index in [0.717, 1.165) is 44.9 Å². The van der Waals surface area contributed by atoms with Crippen LogP contribution in [0.3, 0.4) is 0 Å². The molecule has 0 radical (unpaired) electrons. The first kappa shape index (κ1) is 30.5. The van der Waals surface area contributed by atoms with E-state index in [0.29, 0.717) is 12.5 Å². The highest BCUT2D eigenvalue weighted by molar-refractivity contribution is 5.66. The molecule has 0 heterocycles. The van der Waals surface area contributed by atoms with Gasteiger partial charge in [-0.05, 0) is 25.2 Å². The molecule has 0 aliphatic rings. The lowest BCUT2D eigenvalue weighted by Crippen LogP contribution is -2.03. The average Bonchev–Trinajstić information content (AvgIpc) is 2.65. The van der Waals surface area contributed by atoms with Gasteiger partial charge in [0.1, 0.15) is 0 Å². The molecule has 0 aromatic rings. The molecule has 7 nitrogen and oxygen atoms in total. The van der Waals surface area contributed by atoms with Crippen LogP contribution in [0.25, 0.3) is 0 Å². The normalized spacial score (nSPS) is 10.9. The van der Waals surface area contributed by atoms with Gasteiger partial charge in [-0.2, -0.15) is 0 Å². The molecule has 0 aromatic carbocycles. The van der Waals surface area contributed by atoms with Crippen molar-refractivity contribution < 1.29 is 35.1 Å². The number of hydrogen-bond donors (Lipinski definition) is 5. The molecular formula is C20H42O7. The Morgan fingerprint density at radius 3 is 1.37 bits per heavy atom. The minimum Gasteiger partial charge on any atom is -0.481 e. The quantitative estimate of drug-likeness (QED) is 0.268. The van der Waals surface area contributed by atoms with Crippen LogP contribution in [0.5, 0.6) is 0 Å². The monoisotopic (exact) mass is 394 g/mol. The summed E-state index contributed by atoms with van der Waals surface area (Å²) in [7, 11) is 0. The van der Waals surface area contributed by atoms with Gasteiger partial charge in [0, 0.05) is 19.4 Å². The molecule has 0 amide bonds. The molecule has 0 aliphatic heterocycles. The van der Waals surface area contributed by atoms with Crippen molar-refractivity contribution in [2.75, 3.05) is 19.8 Å². The molecular weight excluding hydrogens is 352 g/mol. The minimum atomic E-state index is -0.740. The van der Waals surface area contributed by atoms with E-state index in [2.05, 4.69) is 13.8 Å². The smallest absolute Gasteiger partial charge is 0.303 e. The summed E-state index contributed by atoms with van der Waals surface area (Å²) >= 11 is 0. The maximum Gasteiger partial charge on any atom is 0.303 e. The van der Waals surface area contributed by atoms with Crippen molar-refractivity contribution in [1.29, 1.82) is 0 Å². The van der Waals surface area contributed by atoms with Gasteiger partial charge in [0.25, 0.3) is 0 Å². The lowest BCUT2D eigenvalue weighted by atomic mass is 10.0. The van der Waals surface area contributed by atoms with E-state index in [1.54, 1.807) is 0 Å². The van der Waals surface area contributed by atoms with Crippen molar-refractivity contribution >= 4 is 11.9 Å². The number of aliphatic hydroxyl groups excluding tert-OH is 3. The summed E-state index contributed by atoms with van der Waals surface area (Å²) < 4.78 is 0. The van der Waals surface area contributed by atoms with E-state index < -0.39 is 11.9 Å².